The first kappa shape index (κ1) is 20.6. The standard InChI is InChI=1S/C12H12O.C9H9NO3/c1-4-10(3)12(13)11-7-5-9(2)6-8-11;1-6(11)13-8-4-2-7(3-5-8)9(10)12/h4-8H,1,3H2,2H3;2-5H,1H3,(H2,10,12). The Balaban J connectivity index is 0.000000260. The first-order valence-electron chi connectivity index (χ1n) is 7.75. The monoisotopic (exact) mass is 351 g/mol. The van der Waals surface area contributed by atoms with Crippen molar-refractivity contribution in [2.24, 2.45) is 5.73 Å². The minimum Gasteiger partial charge on any atom is -0.427 e. The van der Waals surface area contributed by atoms with Gasteiger partial charge in [0.2, 0.25) is 5.91 Å². The molecular weight excluding hydrogens is 330 g/mol. The van der Waals surface area contributed by atoms with Crippen LogP contribution in [0.3, 0.4) is 0 Å². The van der Waals surface area contributed by atoms with Crippen LogP contribution in [0.2, 0.25) is 0 Å². The quantitative estimate of drug-likeness (QED) is 0.293. The molecule has 0 heterocycles. The summed E-state index contributed by atoms with van der Waals surface area (Å²) in [5.74, 6) is -0.561. The second kappa shape index (κ2) is 9.74. The van der Waals surface area contributed by atoms with Gasteiger partial charge in [-0.3, -0.25) is 14.4 Å². The van der Waals surface area contributed by atoms with E-state index in [-0.39, 0.29) is 5.78 Å². The van der Waals surface area contributed by atoms with Gasteiger partial charge in [0.1, 0.15) is 5.75 Å². The summed E-state index contributed by atoms with van der Waals surface area (Å²) in [5.41, 5.74) is 7.64. The second-order valence-corrected chi connectivity index (χ2v) is 5.41. The van der Waals surface area contributed by atoms with Gasteiger partial charge in [0, 0.05) is 23.6 Å². The van der Waals surface area contributed by atoms with E-state index in [2.05, 4.69) is 13.2 Å². The molecule has 5 nitrogen and oxygen atoms in total. The Morgan fingerprint density at radius 3 is 1.88 bits per heavy atom. The number of Topliss-reactive ketones (excluding diaryl/α,β-unsaturated/α-hetero) is 1. The number of ketones is 1. The first-order valence-corrected chi connectivity index (χ1v) is 7.75. The van der Waals surface area contributed by atoms with Gasteiger partial charge in [0.25, 0.3) is 0 Å². The summed E-state index contributed by atoms with van der Waals surface area (Å²) < 4.78 is 4.76. The molecule has 2 N–H and O–H groups in total. The number of esters is 1. The highest BCUT2D eigenvalue weighted by atomic mass is 16.5. The molecule has 0 aliphatic carbocycles. The van der Waals surface area contributed by atoms with E-state index in [1.54, 1.807) is 12.1 Å². The third-order valence-electron chi connectivity index (χ3n) is 3.25. The third kappa shape index (κ3) is 6.57. The Morgan fingerprint density at radius 1 is 0.962 bits per heavy atom. The topological polar surface area (TPSA) is 86.5 Å². The lowest BCUT2D eigenvalue weighted by atomic mass is 10.0. The highest BCUT2D eigenvalue weighted by Crippen LogP contribution is 2.11. The second-order valence-electron chi connectivity index (χ2n) is 5.41. The maximum absolute atomic E-state index is 11.5. The Morgan fingerprint density at radius 2 is 1.46 bits per heavy atom. The molecule has 1 amide bonds. The van der Waals surface area contributed by atoms with Gasteiger partial charge in [-0.05, 0) is 31.2 Å². The lowest BCUT2D eigenvalue weighted by Gasteiger charge is -2.00. The van der Waals surface area contributed by atoms with E-state index in [1.165, 1.54) is 37.3 Å². The number of primary amides is 1. The van der Waals surface area contributed by atoms with E-state index in [4.69, 9.17) is 10.5 Å². The molecule has 2 rings (SSSR count). The van der Waals surface area contributed by atoms with Crippen LogP contribution in [-0.4, -0.2) is 17.7 Å². The molecule has 134 valence electrons. The van der Waals surface area contributed by atoms with Gasteiger partial charge in [0.15, 0.2) is 5.78 Å². The van der Waals surface area contributed by atoms with E-state index < -0.39 is 11.9 Å². The average molecular weight is 351 g/mol. The molecule has 0 saturated heterocycles. The molecule has 26 heavy (non-hydrogen) atoms. The first-order chi connectivity index (χ1) is 12.2. The molecular formula is C21H21NO4. The highest BCUT2D eigenvalue weighted by Gasteiger charge is 2.05. The van der Waals surface area contributed by atoms with E-state index in [1.807, 2.05) is 19.1 Å². The van der Waals surface area contributed by atoms with Gasteiger partial charge in [-0.25, -0.2) is 0 Å². The van der Waals surface area contributed by atoms with Crippen molar-refractivity contribution >= 4 is 17.7 Å². The van der Waals surface area contributed by atoms with Crippen LogP contribution in [0, 0.1) is 6.92 Å². The van der Waals surface area contributed by atoms with Crippen LogP contribution in [0.25, 0.3) is 0 Å². The summed E-state index contributed by atoms with van der Waals surface area (Å²) in [6.07, 6.45) is 1.47. The van der Waals surface area contributed by atoms with E-state index in [0.29, 0.717) is 22.4 Å². The third-order valence-corrected chi connectivity index (χ3v) is 3.25. The molecule has 0 bridgehead atoms. The van der Waals surface area contributed by atoms with Gasteiger partial charge in [-0.2, -0.15) is 0 Å². The van der Waals surface area contributed by atoms with E-state index in [0.717, 1.165) is 5.56 Å². The largest absolute Gasteiger partial charge is 0.427 e. The fraction of sp³-hybridized carbons (Fsp3) is 0.0952. The van der Waals surface area contributed by atoms with Gasteiger partial charge >= 0.3 is 5.97 Å². The summed E-state index contributed by atoms with van der Waals surface area (Å²) in [6, 6.07) is 13.4. The van der Waals surface area contributed by atoms with E-state index in [9.17, 15) is 14.4 Å². The maximum Gasteiger partial charge on any atom is 0.308 e. The van der Waals surface area contributed by atoms with Crippen LogP contribution >= 0.6 is 0 Å². The smallest absolute Gasteiger partial charge is 0.308 e. The minimum atomic E-state index is -0.505. The SMILES string of the molecule is C=CC(=C)C(=O)c1ccc(C)cc1.CC(=O)Oc1ccc(C(N)=O)cc1. The molecule has 0 atom stereocenters. The number of carbonyl (C=O) groups excluding carboxylic acids is 3. The Hall–Kier alpha value is -3.47. The van der Waals surface area contributed by atoms with Crippen molar-refractivity contribution in [1.82, 2.24) is 0 Å². The molecule has 0 saturated carbocycles. The zero-order valence-electron chi connectivity index (χ0n) is 14.8. The van der Waals surface area contributed by atoms with Gasteiger partial charge in [-0.1, -0.05) is 49.1 Å². The summed E-state index contributed by atoms with van der Waals surface area (Å²) in [7, 11) is 0. The summed E-state index contributed by atoms with van der Waals surface area (Å²) in [4.78, 5) is 32.7. The van der Waals surface area contributed by atoms with E-state index >= 15 is 0 Å². The normalized spacial score (nSPS) is 9.31. The Bertz CT molecular complexity index is 818. The van der Waals surface area contributed by atoms with Crippen molar-refractivity contribution in [3.63, 3.8) is 0 Å². The molecule has 0 aromatic heterocycles. The molecule has 0 unspecified atom stereocenters. The number of nitrogens with two attached hydrogens (primary N) is 1. The predicted molar refractivity (Wildman–Crippen MR) is 101 cm³/mol. The number of allylic oxidation sites excluding steroid dienone is 2. The molecule has 0 aliphatic rings. The van der Waals surface area contributed by atoms with Crippen molar-refractivity contribution in [3.05, 3.63) is 90.0 Å². The van der Waals surface area contributed by atoms with Crippen LogP contribution in [0.5, 0.6) is 5.75 Å². The lowest BCUT2D eigenvalue weighted by Crippen LogP contribution is -2.10. The molecule has 0 spiro atoms. The summed E-state index contributed by atoms with van der Waals surface area (Å²) >= 11 is 0. The molecule has 0 radical (unpaired) electrons. The number of hydrogen-bond donors (Lipinski definition) is 1. The Labute approximate surface area is 152 Å². The number of benzene rings is 2. The van der Waals surface area contributed by atoms with Crippen molar-refractivity contribution in [2.75, 3.05) is 0 Å². The Kier molecular flexibility index (Phi) is 7.70. The van der Waals surface area contributed by atoms with Gasteiger partial charge in [-0.15, -0.1) is 0 Å². The van der Waals surface area contributed by atoms with Crippen LogP contribution in [-0.2, 0) is 4.79 Å². The molecule has 2 aromatic rings. The zero-order valence-corrected chi connectivity index (χ0v) is 14.8. The highest BCUT2D eigenvalue weighted by molar-refractivity contribution is 6.10. The maximum atomic E-state index is 11.5. The fourth-order valence-corrected chi connectivity index (χ4v) is 1.84. The average Bonchev–Trinajstić information content (AvgIpc) is 2.61. The fourth-order valence-electron chi connectivity index (χ4n) is 1.84. The number of amides is 1. The number of ether oxygens (including phenoxy) is 1. The van der Waals surface area contributed by atoms with Crippen LogP contribution < -0.4 is 10.5 Å². The van der Waals surface area contributed by atoms with Crippen molar-refractivity contribution < 1.29 is 19.1 Å². The summed E-state index contributed by atoms with van der Waals surface area (Å²) in [6.45, 7) is 10.4. The molecule has 0 aliphatic heterocycles. The number of hydrogen-bond acceptors (Lipinski definition) is 4. The van der Waals surface area contributed by atoms with Crippen LogP contribution in [0.1, 0.15) is 33.2 Å². The van der Waals surface area contributed by atoms with Crippen molar-refractivity contribution in [1.29, 1.82) is 0 Å². The van der Waals surface area contributed by atoms with Crippen molar-refractivity contribution in [2.45, 2.75) is 13.8 Å². The number of carbonyl (C=O) groups is 3. The van der Waals surface area contributed by atoms with Crippen LogP contribution in [0.4, 0.5) is 0 Å². The lowest BCUT2D eigenvalue weighted by molar-refractivity contribution is -0.131. The number of rotatable bonds is 5. The number of aryl methyl sites for hydroxylation is 1. The molecule has 0 fully saturated rings. The van der Waals surface area contributed by atoms with Crippen molar-refractivity contribution in [3.8, 4) is 5.75 Å². The molecule has 5 heteroatoms. The van der Waals surface area contributed by atoms with Gasteiger partial charge in [0.05, 0.1) is 0 Å². The van der Waals surface area contributed by atoms with Crippen LogP contribution in [0.15, 0.2) is 73.3 Å². The predicted octanol–water partition coefficient (Wildman–Crippen LogP) is 3.63. The minimum absolute atomic E-state index is 0.0602. The zero-order chi connectivity index (χ0) is 19.7. The summed E-state index contributed by atoms with van der Waals surface area (Å²) in [5, 5.41) is 0. The van der Waals surface area contributed by atoms with Gasteiger partial charge < -0.3 is 10.5 Å². The molecule has 2 aromatic carbocycles.